The van der Waals surface area contributed by atoms with E-state index in [0.717, 1.165) is 11.8 Å². The van der Waals surface area contributed by atoms with E-state index in [1.165, 1.54) is 11.4 Å². The molecule has 0 radical (unpaired) electrons. The highest BCUT2D eigenvalue weighted by molar-refractivity contribution is 7.92. The summed E-state index contributed by atoms with van der Waals surface area (Å²) in [5.41, 5.74) is 1.24. The molecule has 0 amide bonds. The molecular formula is C15H18N2O4S. The molecule has 0 spiro atoms. The van der Waals surface area contributed by atoms with Crippen molar-refractivity contribution in [3.05, 3.63) is 48.3 Å². The predicted octanol–water partition coefficient (Wildman–Crippen LogP) is 2.06. The largest absolute Gasteiger partial charge is 0.497 e. The van der Waals surface area contributed by atoms with E-state index in [-0.39, 0.29) is 6.54 Å². The molecule has 0 saturated heterocycles. The number of aromatic nitrogens is 1. The lowest BCUT2D eigenvalue weighted by atomic mass is 10.2. The highest BCUT2D eigenvalue weighted by Gasteiger charge is 2.22. The van der Waals surface area contributed by atoms with Crippen LogP contribution in [0, 0.1) is 0 Å². The van der Waals surface area contributed by atoms with Crippen molar-refractivity contribution in [1.29, 1.82) is 0 Å². The second kappa shape index (κ2) is 6.65. The molecule has 118 valence electrons. The Morgan fingerprint density at radius 2 is 1.95 bits per heavy atom. The molecule has 0 aliphatic carbocycles. The highest BCUT2D eigenvalue weighted by atomic mass is 32.2. The number of sulfonamides is 1. The van der Waals surface area contributed by atoms with Crippen molar-refractivity contribution < 1.29 is 17.9 Å². The van der Waals surface area contributed by atoms with Crippen LogP contribution in [0.2, 0.25) is 0 Å². The third kappa shape index (κ3) is 3.67. The maximum absolute atomic E-state index is 12.2. The molecule has 1 aromatic heterocycles. The van der Waals surface area contributed by atoms with Gasteiger partial charge in [0.15, 0.2) is 0 Å². The molecule has 0 aliphatic rings. The van der Waals surface area contributed by atoms with Gasteiger partial charge in [-0.3, -0.25) is 9.29 Å². The maximum Gasteiger partial charge on any atom is 0.232 e. The van der Waals surface area contributed by atoms with Crippen LogP contribution in [0.5, 0.6) is 11.5 Å². The summed E-state index contributed by atoms with van der Waals surface area (Å²) >= 11 is 0. The maximum atomic E-state index is 12.2. The summed E-state index contributed by atoms with van der Waals surface area (Å²) < 4.78 is 36.1. The molecule has 0 bridgehead atoms. The van der Waals surface area contributed by atoms with E-state index in [4.69, 9.17) is 9.47 Å². The molecule has 0 aliphatic heterocycles. The Kier molecular flexibility index (Phi) is 4.87. The lowest BCUT2D eigenvalue weighted by Crippen LogP contribution is -2.29. The van der Waals surface area contributed by atoms with Crippen molar-refractivity contribution in [2.75, 3.05) is 24.8 Å². The number of benzene rings is 1. The van der Waals surface area contributed by atoms with Crippen LogP contribution in [-0.2, 0) is 16.6 Å². The average Bonchev–Trinajstić information content (AvgIpc) is 2.52. The average molecular weight is 322 g/mol. The molecule has 6 nitrogen and oxygen atoms in total. The molecule has 0 saturated carbocycles. The van der Waals surface area contributed by atoms with Crippen LogP contribution < -0.4 is 13.8 Å². The van der Waals surface area contributed by atoms with Crippen LogP contribution >= 0.6 is 0 Å². The number of ether oxygens (including phenoxy) is 2. The van der Waals surface area contributed by atoms with Crippen molar-refractivity contribution >= 4 is 15.7 Å². The predicted molar refractivity (Wildman–Crippen MR) is 84.8 cm³/mol. The van der Waals surface area contributed by atoms with Crippen LogP contribution in [0.1, 0.15) is 5.56 Å². The summed E-state index contributed by atoms with van der Waals surface area (Å²) in [6, 6.07) is 8.59. The molecule has 1 aromatic carbocycles. The van der Waals surface area contributed by atoms with E-state index >= 15 is 0 Å². The molecule has 7 heteroatoms. The zero-order chi connectivity index (χ0) is 16.2. The first-order chi connectivity index (χ1) is 10.5. The molecule has 2 rings (SSSR count). The molecule has 0 atom stereocenters. The van der Waals surface area contributed by atoms with Gasteiger partial charge in [0.05, 0.1) is 32.7 Å². The zero-order valence-corrected chi connectivity index (χ0v) is 13.5. The van der Waals surface area contributed by atoms with Crippen LogP contribution in [-0.4, -0.2) is 33.9 Å². The van der Waals surface area contributed by atoms with Gasteiger partial charge in [0.25, 0.3) is 0 Å². The Balaban J connectivity index is 2.47. The van der Waals surface area contributed by atoms with E-state index in [9.17, 15) is 8.42 Å². The first-order valence-electron chi connectivity index (χ1n) is 6.54. The topological polar surface area (TPSA) is 68.7 Å². The second-order valence-electron chi connectivity index (χ2n) is 4.67. The van der Waals surface area contributed by atoms with Crippen LogP contribution in [0.4, 0.5) is 5.69 Å². The second-order valence-corrected chi connectivity index (χ2v) is 6.58. The lowest BCUT2D eigenvalue weighted by Gasteiger charge is -2.24. The Bertz CT molecular complexity index is 732. The van der Waals surface area contributed by atoms with E-state index < -0.39 is 10.0 Å². The van der Waals surface area contributed by atoms with Crippen LogP contribution in [0.15, 0.2) is 42.7 Å². The fourth-order valence-corrected chi connectivity index (χ4v) is 2.92. The van der Waals surface area contributed by atoms with E-state index in [1.54, 1.807) is 43.8 Å². The molecular weight excluding hydrogens is 304 g/mol. The van der Waals surface area contributed by atoms with Gasteiger partial charge < -0.3 is 9.47 Å². The SMILES string of the molecule is COc1ccc(N(Cc2cccnc2)S(C)(=O)=O)c(OC)c1. The standard InChI is InChI=1S/C15H18N2O4S/c1-20-13-6-7-14(15(9-13)21-2)17(22(3,18)19)11-12-5-4-8-16-10-12/h4-10H,11H2,1-3H3. The minimum atomic E-state index is -3.48. The van der Waals surface area contributed by atoms with Crippen molar-refractivity contribution in [3.8, 4) is 11.5 Å². The number of nitrogens with zero attached hydrogens (tertiary/aromatic N) is 2. The fraction of sp³-hybridized carbons (Fsp3) is 0.267. The Morgan fingerprint density at radius 3 is 2.50 bits per heavy atom. The van der Waals surface area contributed by atoms with Gasteiger partial charge in [0, 0.05) is 18.5 Å². The number of hydrogen-bond donors (Lipinski definition) is 0. The zero-order valence-electron chi connectivity index (χ0n) is 12.7. The Morgan fingerprint density at radius 1 is 1.18 bits per heavy atom. The van der Waals surface area contributed by atoms with Crippen molar-refractivity contribution in [2.45, 2.75) is 6.54 Å². The minimum absolute atomic E-state index is 0.176. The number of hydrogen-bond acceptors (Lipinski definition) is 5. The fourth-order valence-electron chi connectivity index (χ4n) is 2.03. The summed E-state index contributed by atoms with van der Waals surface area (Å²) in [6.07, 6.45) is 4.43. The number of anilines is 1. The quantitative estimate of drug-likeness (QED) is 0.814. The Hall–Kier alpha value is -2.28. The smallest absolute Gasteiger partial charge is 0.232 e. The molecule has 2 aromatic rings. The van der Waals surface area contributed by atoms with Gasteiger partial charge in [0.1, 0.15) is 11.5 Å². The third-order valence-electron chi connectivity index (χ3n) is 3.10. The van der Waals surface area contributed by atoms with Crippen LogP contribution in [0.3, 0.4) is 0 Å². The third-order valence-corrected chi connectivity index (χ3v) is 4.23. The normalized spacial score (nSPS) is 11.0. The highest BCUT2D eigenvalue weighted by Crippen LogP contribution is 2.34. The summed E-state index contributed by atoms with van der Waals surface area (Å²) in [5, 5.41) is 0. The molecule has 0 fully saturated rings. The summed E-state index contributed by atoms with van der Waals surface area (Å²) in [5.74, 6) is 1.02. The van der Waals surface area contributed by atoms with E-state index in [1.807, 2.05) is 6.07 Å². The van der Waals surface area contributed by atoms with Gasteiger partial charge in [-0.05, 0) is 23.8 Å². The summed E-state index contributed by atoms with van der Waals surface area (Å²) in [6.45, 7) is 0.176. The van der Waals surface area contributed by atoms with Gasteiger partial charge in [0.2, 0.25) is 10.0 Å². The molecule has 0 N–H and O–H groups in total. The Labute approximate surface area is 130 Å². The minimum Gasteiger partial charge on any atom is -0.497 e. The molecule has 22 heavy (non-hydrogen) atoms. The van der Waals surface area contributed by atoms with E-state index in [2.05, 4.69) is 4.98 Å². The summed E-state index contributed by atoms with van der Waals surface area (Å²) in [4.78, 5) is 4.01. The van der Waals surface area contributed by atoms with Crippen molar-refractivity contribution in [2.24, 2.45) is 0 Å². The molecule has 0 unspecified atom stereocenters. The van der Waals surface area contributed by atoms with Crippen LogP contribution in [0.25, 0.3) is 0 Å². The van der Waals surface area contributed by atoms with Gasteiger partial charge in [-0.15, -0.1) is 0 Å². The number of rotatable bonds is 6. The number of pyridine rings is 1. The van der Waals surface area contributed by atoms with Gasteiger partial charge in [-0.2, -0.15) is 0 Å². The summed E-state index contributed by atoms with van der Waals surface area (Å²) in [7, 11) is -0.455. The van der Waals surface area contributed by atoms with Gasteiger partial charge >= 0.3 is 0 Å². The first-order valence-corrected chi connectivity index (χ1v) is 8.39. The van der Waals surface area contributed by atoms with Gasteiger partial charge in [-0.1, -0.05) is 6.07 Å². The molecule has 1 heterocycles. The first kappa shape index (κ1) is 16.1. The van der Waals surface area contributed by atoms with Gasteiger partial charge in [-0.25, -0.2) is 8.42 Å². The lowest BCUT2D eigenvalue weighted by molar-refractivity contribution is 0.395. The van der Waals surface area contributed by atoms with E-state index in [0.29, 0.717) is 17.2 Å². The van der Waals surface area contributed by atoms with Crippen molar-refractivity contribution in [3.63, 3.8) is 0 Å². The van der Waals surface area contributed by atoms with Crippen molar-refractivity contribution in [1.82, 2.24) is 4.98 Å². The number of methoxy groups -OCH3 is 2. The monoisotopic (exact) mass is 322 g/mol.